The number of nitrogens with one attached hydrogen (secondary N) is 1. The lowest BCUT2D eigenvalue weighted by Gasteiger charge is -2.10. The van der Waals surface area contributed by atoms with Gasteiger partial charge in [0.25, 0.3) is 11.7 Å². The predicted octanol–water partition coefficient (Wildman–Crippen LogP) is 3.57. The minimum absolute atomic E-state index is 0.00209. The van der Waals surface area contributed by atoms with E-state index in [2.05, 4.69) is 36.3 Å². The molecule has 1 aromatic carbocycles. The maximum atomic E-state index is 13.4. The third kappa shape index (κ3) is 2.84. The molecule has 0 aliphatic carbocycles. The first-order chi connectivity index (χ1) is 12.4. The van der Waals surface area contributed by atoms with E-state index in [9.17, 15) is 9.18 Å². The van der Waals surface area contributed by atoms with Crippen LogP contribution in [0.15, 0.2) is 39.5 Å². The summed E-state index contributed by atoms with van der Waals surface area (Å²) in [5.74, 6) is 0.0922. The number of carbonyl (C=O) groups excluding carboxylic acids is 1. The Labute approximate surface area is 155 Å². The highest BCUT2D eigenvalue weighted by Crippen LogP contribution is 2.30. The van der Waals surface area contributed by atoms with E-state index in [0.717, 1.165) is 10.0 Å². The molecule has 1 N–H and O–H groups in total. The lowest BCUT2D eigenvalue weighted by molar-refractivity contribution is 0.0925. The molecule has 0 saturated carbocycles. The SMILES string of the molecule is Cc1c(C(C)NC(=O)c2nc3ncc(Br)cn3n2)oc2ccc(F)cc12. The molecular formula is C17H13BrFN5O2. The molecule has 1 amide bonds. The first kappa shape index (κ1) is 16.6. The maximum absolute atomic E-state index is 13.4. The zero-order valence-electron chi connectivity index (χ0n) is 13.8. The predicted molar refractivity (Wildman–Crippen MR) is 95.3 cm³/mol. The Morgan fingerprint density at radius 2 is 2.23 bits per heavy atom. The van der Waals surface area contributed by atoms with Gasteiger partial charge in [-0.3, -0.25) is 4.79 Å². The number of aryl methyl sites for hydroxylation is 1. The number of halogens is 2. The van der Waals surface area contributed by atoms with Crippen LogP contribution >= 0.6 is 15.9 Å². The largest absolute Gasteiger partial charge is 0.459 e. The summed E-state index contributed by atoms with van der Waals surface area (Å²) in [5.41, 5.74) is 1.35. The van der Waals surface area contributed by atoms with Gasteiger partial charge < -0.3 is 9.73 Å². The van der Waals surface area contributed by atoms with Gasteiger partial charge in [0.1, 0.15) is 17.2 Å². The monoisotopic (exact) mass is 417 g/mol. The number of carbonyl (C=O) groups is 1. The number of fused-ring (bicyclic) bond motifs is 2. The van der Waals surface area contributed by atoms with Crippen LogP contribution in [0.1, 0.15) is 34.9 Å². The highest BCUT2D eigenvalue weighted by atomic mass is 79.9. The van der Waals surface area contributed by atoms with Gasteiger partial charge in [-0.2, -0.15) is 4.98 Å². The van der Waals surface area contributed by atoms with Crippen molar-refractivity contribution in [2.45, 2.75) is 19.9 Å². The molecule has 0 fully saturated rings. The van der Waals surface area contributed by atoms with Gasteiger partial charge in [0.15, 0.2) is 0 Å². The molecule has 4 aromatic rings. The summed E-state index contributed by atoms with van der Waals surface area (Å²) in [6.07, 6.45) is 3.23. The van der Waals surface area contributed by atoms with Crippen molar-refractivity contribution >= 4 is 38.6 Å². The van der Waals surface area contributed by atoms with E-state index in [1.165, 1.54) is 16.6 Å². The molecule has 4 rings (SSSR count). The number of hydrogen-bond donors (Lipinski definition) is 1. The van der Waals surface area contributed by atoms with Crippen molar-refractivity contribution in [1.82, 2.24) is 24.9 Å². The molecular weight excluding hydrogens is 405 g/mol. The molecule has 0 radical (unpaired) electrons. The van der Waals surface area contributed by atoms with Crippen LogP contribution in [0, 0.1) is 12.7 Å². The Morgan fingerprint density at radius 3 is 3.04 bits per heavy atom. The minimum atomic E-state index is -0.454. The topological polar surface area (TPSA) is 85.3 Å². The Kier molecular flexibility index (Phi) is 3.95. The van der Waals surface area contributed by atoms with Crippen LogP contribution in [0.2, 0.25) is 0 Å². The molecule has 3 aromatic heterocycles. The summed E-state index contributed by atoms with van der Waals surface area (Å²) >= 11 is 3.29. The maximum Gasteiger partial charge on any atom is 0.291 e. The molecule has 9 heteroatoms. The van der Waals surface area contributed by atoms with E-state index in [1.54, 1.807) is 25.4 Å². The summed E-state index contributed by atoms with van der Waals surface area (Å²) in [7, 11) is 0. The average molecular weight is 418 g/mol. The molecule has 1 atom stereocenters. The van der Waals surface area contributed by atoms with Gasteiger partial charge in [0.2, 0.25) is 5.82 Å². The summed E-state index contributed by atoms with van der Waals surface area (Å²) in [4.78, 5) is 20.7. The first-order valence-electron chi connectivity index (χ1n) is 7.79. The van der Waals surface area contributed by atoms with Crippen LogP contribution in [0.4, 0.5) is 4.39 Å². The molecule has 7 nitrogen and oxygen atoms in total. The molecule has 0 aliphatic rings. The second-order valence-corrected chi connectivity index (χ2v) is 6.79. The van der Waals surface area contributed by atoms with E-state index in [-0.39, 0.29) is 11.6 Å². The van der Waals surface area contributed by atoms with Crippen LogP contribution < -0.4 is 5.32 Å². The Bertz CT molecular complexity index is 1150. The first-order valence-corrected chi connectivity index (χ1v) is 8.59. The fourth-order valence-electron chi connectivity index (χ4n) is 2.81. The molecule has 0 bridgehead atoms. The van der Waals surface area contributed by atoms with Gasteiger partial charge >= 0.3 is 0 Å². The van der Waals surface area contributed by atoms with Crippen molar-refractivity contribution < 1.29 is 13.6 Å². The molecule has 0 spiro atoms. The molecule has 1 unspecified atom stereocenters. The number of hydrogen-bond acceptors (Lipinski definition) is 5. The van der Waals surface area contributed by atoms with Crippen LogP contribution in [-0.2, 0) is 0 Å². The quantitative estimate of drug-likeness (QED) is 0.550. The van der Waals surface area contributed by atoms with E-state index >= 15 is 0 Å². The molecule has 132 valence electrons. The smallest absolute Gasteiger partial charge is 0.291 e. The normalized spacial score (nSPS) is 12.6. The third-order valence-electron chi connectivity index (χ3n) is 4.04. The van der Waals surface area contributed by atoms with E-state index in [4.69, 9.17) is 4.42 Å². The van der Waals surface area contributed by atoms with Gasteiger partial charge in [-0.25, -0.2) is 13.9 Å². The van der Waals surface area contributed by atoms with Crippen LogP contribution in [0.5, 0.6) is 0 Å². The molecule has 0 saturated heterocycles. The van der Waals surface area contributed by atoms with Gasteiger partial charge in [0.05, 0.1) is 10.5 Å². The molecule has 3 heterocycles. The van der Waals surface area contributed by atoms with Crippen LogP contribution in [0.25, 0.3) is 16.7 Å². The van der Waals surface area contributed by atoms with Crippen molar-refractivity contribution in [3.63, 3.8) is 0 Å². The van der Waals surface area contributed by atoms with Crippen molar-refractivity contribution in [3.8, 4) is 0 Å². The van der Waals surface area contributed by atoms with Gasteiger partial charge in [0, 0.05) is 23.3 Å². The summed E-state index contributed by atoms with van der Waals surface area (Å²) in [6.45, 7) is 3.61. The second-order valence-electron chi connectivity index (χ2n) is 5.88. The number of rotatable bonds is 3. The summed E-state index contributed by atoms with van der Waals surface area (Å²) in [6, 6.07) is 3.89. The number of amides is 1. The summed E-state index contributed by atoms with van der Waals surface area (Å²) < 4.78 is 21.4. The molecule has 26 heavy (non-hydrogen) atoms. The fourth-order valence-corrected chi connectivity index (χ4v) is 3.10. The Morgan fingerprint density at radius 1 is 1.42 bits per heavy atom. The number of aromatic nitrogens is 4. The van der Waals surface area contributed by atoms with Crippen molar-refractivity contribution in [2.75, 3.05) is 0 Å². The van der Waals surface area contributed by atoms with Crippen molar-refractivity contribution in [1.29, 1.82) is 0 Å². The Balaban J connectivity index is 1.61. The van der Waals surface area contributed by atoms with Gasteiger partial charge in [-0.1, -0.05) is 0 Å². The average Bonchev–Trinajstić information content (AvgIpc) is 3.16. The third-order valence-corrected chi connectivity index (χ3v) is 4.45. The lowest BCUT2D eigenvalue weighted by Crippen LogP contribution is -2.27. The van der Waals surface area contributed by atoms with Crippen LogP contribution in [0.3, 0.4) is 0 Å². The van der Waals surface area contributed by atoms with Crippen molar-refractivity contribution in [2.24, 2.45) is 0 Å². The highest BCUT2D eigenvalue weighted by molar-refractivity contribution is 9.10. The zero-order chi connectivity index (χ0) is 18.4. The van der Waals surface area contributed by atoms with Crippen LogP contribution in [-0.4, -0.2) is 25.5 Å². The second kappa shape index (κ2) is 6.17. The van der Waals surface area contributed by atoms with Gasteiger partial charge in [-0.05, 0) is 48.0 Å². The summed E-state index contributed by atoms with van der Waals surface area (Å²) in [5, 5.41) is 7.60. The van der Waals surface area contributed by atoms with Crippen molar-refractivity contribution in [3.05, 3.63) is 58.0 Å². The molecule has 0 aliphatic heterocycles. The van der Waals surface area contributed by atoms with E-state index in [0.29, 0.717) is 22.5 Å². The zero-order valence-corrected chi connectivity index (χ0v) is 15.4. The number of furan rings is 1. The number of nitrogens with zero attached hydrogens (tertiary/aromatic N) is 4. The lowest BCUT2D eigenvalue weighted by atomic mass is 10.1. The number of benzene rings is 1. The van der Waals surface area contributed by atoms with E-state index < -0.39 is 11.9 Å². The standard InChI is InChI=1S/C17H13BrFN5O2/c1-8-12-5-11(19)3-4-13(12)26-14(8)9(2)21-16(25)15-22-17-20-6-10(18)7-24(17)23-15/h3-7,9H,1-2H3,(H,21,25). The fraction of sp³-hybridized carbons (Fsp3) is 0.176. The minimum Gasteiger partial charge on any atom is -0.459 e. The highest BCUT2D eigenvalue weighted by Gasteiger charge is 2.21. The van der Waals surface area contributed by atoms with Gasteiger partial charge in [-0.15, -0.1) is 5.10 Å². The van der Waals surface area contributed by atoms with E-state index in [1.807, 2.05) is 6.92 Å². The Hall–Kier alpha value is -2.81.